The molecule has 2 rings (SSSR count). The minimum atomic E-state index is -0.519. The number of ether oxygens (including phenoxy) is 1. The van der Waals surface area contributed by atoms with Crippen LogP contribution in [0.15, 0.2) is 34.2 Å². The molecule has 140 valence electrons. The maximum atomic E-state index is 11.4. The van der Waals surface area contributed by atoms with Gasteiger partial charge in [0.15, 0.2) is 6.61 Å². The van der Waals surface area contributed by atoms with Crippen molar-refractivity contribution in [2.24, 2.45) is 0 Å². The summed E-state index contributed by atoms with van der Waals surface area (Å²) in [5, 5.41) is 14.3. The summed E-state index contributed by atoms with van der Waals surface area (Å²) in [6.45, 7) is 6.74. The van der Waals surface area contributed by atoms with Gasteiger partial charge in [-0.2, -0.15) is 0 Å². The van der Waals surface area contributed by atoms with Crippen LogP contribution in [0.2, 0.25) is 0 Å². The summed E-state index contributed by atoms with van der Waals surface area (Å²) < 4.78 is 7.11. The summed E-state index contributed by atoms with van der Waals surface area (Å²) in [6.07, 6.45) is -0.519. The molecule has 26 heavy (non-hydrogen) atoms. The van der Waals surface area contributed by atoms with Gasteiger partial charge in [0, 0.05) is 30.6 Å². The minimum Gasteiger partial charge on any atom is -0.441 e. The average Bonchev–Trinajstić information content (AvgIpc) is 2.97. The Morgan fingerprint density at radius 2 is 2.19 bits per heavy atom. The van der Waals surface area contributed by atoms with Crippen LogP contribution >= 0.6 is 11.8 Å². The number of hydrogen-bond acceptors (Lipinski definition) is 6. The number of aromatic nitrogens is 2. The number of rotatable bonds is 7. The topological polar surface area (TPSA) is 99.3 Å². The Bertz CT molecular complexity index is 804. The van der Waals surface area contributed by atoms with Gasteiger partial charge in [0.25, 0.3) is 5.69 Å². The van der Waals surface area contributed by atoms with Crippen LogP contribution in [0.5, 0.6) is 0 Å². The zero-order chi connectivity index (χ0) is 19.3. The number of amides is 1. The third-order valence-corrected chi connectivity index (χ3v) is 4.78. The fourth-order valence-electron chi connectivity index (χ4n) is 2.40. The summed E-state index contributed by atoms with van der Waals surface area (Å²) in [5.74, 6) is 0.801. The second-order valence-corrected chi connectivity index (χ2v) is 6.86. The molecule has 9 heteroatoms. The van der Waals surface area contributed by atoms with Gasteiger partial charge in [0.1, 0.15) is 10.9 Å². The molecule has 0 aliphatic rings. The van der Waals surface area contributed by atoms with Crippen molar-refractivity contribution >= 4 is 23.5 Å². The molecule has 0 atom stereocenters. The van der Waals surface area contributed by atoms with Crippen molar-refractivity contribution in [1.82, 2.24) is 14.9 Å². The van der Waals surface area contributed by atoms with Crippen LogP contribution in [0.3, 0.4) is 0 Å². The van der Waals surface area contributed by atoms with E-state index in [1.165, 1.54) is 24.9 Å². The number of nitrogens with zero attached hydrogens (tertiary/aromatic N) is 3. The number of imidazole rings is 1. The first-order valence-electron chi connectivity index (χ1n) is 8.23. The molecule has 1 aromatic heterocycles. The zero-order valence-corrected chi connectivity index (χ0v) is 16.0. The van der Waals surface area contributed by atoms with Crippen LogP contribution in [-0.4, -0.2) is 27.6 Å². The fourth-order valence-corrected chi connectivity index (χ4v) is 3.68. The molecule has 0 fully saturated rings. The highest BCUT2D eigenvalue weighted by Crippen LogP contribution is 2.36. The Labute approximate surface area is 156 Å². The zero-order valence-electron chi connectivity index (χ0n) is 15.2. The summed E-state index contributed by atoms with van der Waals surface area (Å²) in [6, 6.07) is 6.50. The van der Waals surface area contributed by atoms with Crippen LogP contribution in [0.4, 0.5) is 10.5 Å². The number of alkyl carbamates (subject to hydrolysis) is 1. The first-order chi connectivity index (χ1) is 12.4. The number of nitro benzene ring substituents is 1. The smallest absolute Gasteiger partial charge is 0.407 e. The number of carbonyl (C=O) groups excluding carboxylic acids is 1. The Morgan fingerprint density at radius 1 is 1.46 bits per heavy atom. The van der Waals surface area contributed by atoms with Gasteiger partial charge < -0.3 is 14.6 Å². The van der Waals surface area contributed by atoms with Crippen LogP contribution in [0.1, 0.15) is 38.2 Å². The minimum absolute atomic E-state index is 0.0480. The van der Waals surface area contributed by atoms with Crippen molar-refractivity contribution in [3.05, 3.63) is 45.9 Å². The van der Waals surface area contributed by atoms with Crippen molar-refractivity contribution in [2.45, 2.75) is 49.8 Å². The molecule has 1 aromatic carbocycles. The van der Waals surface area contributed by atoms with Crippen LogP contribution in [-0.2, 0) is 17.9 Å². The lowest BCUT2D eigenvalue weighted by molar-refractivity contribution is -0.385. The van der Waals surface area contributed by atoms with Crippen molar-refractivity contribution in [2.75, 3.05) is 7.05 Å². The first kappa shape index (κ1) is 19.8. The van der Waals surface area contributed by atoms with E-state index in [0.717, 1.165) is 15.6 Å². The standard InChI is InChI=1S/C17H22N4O4S/c1-5-20-14(10-25-17(22)18-4)19-15(11(2)3)16(20)26-13-8-6-7-12(9-13)21(23)24/h6-9,11H,5,10H2,1-4H3,(H,18,22). The van der Waals surface area contributed by atoms with Crippen molar-refractivity contribution in [3.8, 4) is 0 Å². The van der Waals surface area contributed by atoms with Crippen LogP contribution in [0.25, 0.3) is 0 Å². The molecule has 8 nitrogen and oxygen atoms in total. The summed E-state index contributed by atoms with van der Waals surface area (Å²) in [4.78, 5) is 27.4. The van der Waals surface area contributed by atoms with Gasteiger partial charge in [0.05, 0.1) is 10.6 Å². The number of nitrogens with one attached hydrogen (secondary N) is 1. The normalized spacial score (nSPS) is 10.8. The van der Waals surface area contributed by atoms with E-state index in [-0.39, 0.29) is 18.2 Å². The van der Waals surface area contributed by atoms with Gasteiger partial charge in [-0.1, -0.05) is 31.7 Å². The average molecular weight is 378 g/mol. The SMILES string of the molecule is CCn1c(COC(=O)NC)nc(C(C)C)c1Sc1cccc([N+](=O)[O-])c1. The van der Waals surface area contributed by atoms with Crippen molar-refractivity contribution < 1.29 is 14.5 Å². The number of hydrogen-bond donors (Lipinski definition) is 1. The molecule has 0 radical (unpaired) electrons. The molecular formula is C17H22N4O4S. The Morgan fingerprint density at radius 3 is 2.77 bits per heavy atom. The molecule has 0 unspecified atom stereocenters. The summed E-state index contributed by atoms with van der Waals surface area (Å²) in [7, 11) is 1.50. The molecule has 0 aliphatic heterocycles. The van der Waals surface area contributed by atoms with Crippen molar-refractivity contribution in [3.63, 3.8) is 0 Å². The summed E-state index contributed by atoms with van der Waals surface area (Å²) in [5.41, 5.74) is 0.922. The molecule has 1 N–H and O–H groups in total. The molecule has 0 bridgehead atoms. The van der Waals surface area contributed by atoms with E-state index < -0.39 is 11.0 Å². The number of nitro groups is 1. The quantitative estimate of drug-likeness (QED) is 0.579. The van der Waals surface area contributed by atoms with E-state index in [4.69, 9.17) is 4.74 Å². The molecule has 0 spiro atoms. The highest BCUT2D eigenvalue weighted by molar-refractivity contribution is 7.99. The first-order valence-corrected chi connectivity index (χ1v) is 9.05. The lowest BCUT2D eigenvalue weighted by Crippen LogP contribution is -2.20. The Hall–Kier alpha value is -2.55. The van der Waals surface area contributed by atoms with Gasteiger partial charge in [-0.3, -0.25) is 10.1 Å². The van der Waals surface area contributed by atoms with Gasteiger partial charge >= 0.3 is 6.09 Å². The van der Waals surface area contributed by atoms with Gasteiger partial charge in [0.2, 0.25) is 0 Å². The molecular weight excluding hydrogens is 356 g/mol. The predicted octanol–water partition coefficient (Wildman–Crippen LogP) is 3.94. The molecule has 1 amide bonds. The third-order valence-electron chi connectivity index (χ3n) is 3.67. The lowest BCUT2D eigenvalue weighted by Gasteiger charge is -2.11. The largest absolute Gasteiger partial charge is 0.441 e. The molecule has 0 saturated heterocycles. The highest BCUT2D eigenvalue weighted by Gasteiger charge is 2.21. The van der Waals surface area contributed by atoms with E-state index >= 15 is 0 Å². The van der Waals surface area contributed by atoms with Gasteiger partial charge in [-0.25, -0.2) is 9.78 Å². The second kappa shape index (κ2) is 8.70. The monoisotopic (exact) mass is 378 g/mol. The maximum absolute atomic E-state index is 11.4. The Kier molecular flexibility index (Phi) is 6.62. The lowest BCUT2D eigenvalue weighted by atomic mass is 10.1. The Balaban J connectivity index is 2.39. The molecule has 2 aromatic rings. The molecule has 0 saturated carbocycles. The predicted molar refractivity (Wildman–Crippen MR) is 98.5 cm³/mol. The van der Waals surface area contributed by atoms with E-state index in [1.807, 2.05) is 31.4 Å². The molecule has 1 heterocycles. The van der Waals surface area contributed by atoms with Crippen LogP contribution < -0.4 is 5.32 Å². The number of carbonyl (C=O) groups is 1. The second-order valence-electron chi connectivity index (χ2n) is 5.80. The fraction of sp³-hybridized carbons (Fsp3) is 0.412. The van der Waals surface area contributed by atoms with Crippen molar-refractivity contribution in [1.29, 1.82) is 0 Å². The van der Waals surface area contributed by atoms with E-state index in [2.05, 4.69) is 10.3 Å². The highest BCUT2D eigenvalue weighted by atomic mass is 32.2. The van der Waals surface area contributed by atoms with E-state index in [0.29, 0.717) is 12.4 Å². The number of non-ortho nitro benzene ring substituents is 1. The van der Waals surface area contributed by atoms with Gasteiger partial charge in [-0.15, -0.1) is 0 Å². The third kappa shape index (κ3) is 4.54. The van der Waals surface area contributed by atoms with Crippen LogP contribution in [0, 0.1) is 10.1 Å². The summed E-state index contributed by atoms with van der Waals surface area (Å²) >= 11 is 1.43. The van der Waals surface area contributed by atoms with E-state index in [1.54, 1.807) is 12.1 Å². The maximum Gasteiger partial charge on any atom is 0.407 e. The molecule has 0 aliphatic carbocycles. The van der Waals surface area contributed by atoms with Gasteiger partial charge in [-0.05, 0) is 18.9 Å². The van der Waals surface area contributed by atoms with E-state index in [9.17, 15) is 14.9 Å². The number of benzene rings is 1.